The summed E-state index contributed by atoms with van der Waals surface area (Å²) in [5.41, 5.74) is 0. The number of rotatable bonds is 3. The van der Waals surface area contributed by atoms with Crippen molar-refractivity contribution in [3.05, 3.63) is 48.3 Å². The van der Waals surface area contributed by atoms with Gasteiger partial charge < -0.3 is 13.6 Å². The van der Waals surface area contributed by atoms with E-state index in [1.165, 1.54) is 19.6 Å². The Hall–Kier alpha value is -1.97. The van der Waals surface area contributed by atoms with Gasteiger partial charge in [-0.1, -0.05) is 0 Å². The Morgan fingerprint density at radius 2 is 1.73 bits per heavy atom. The highest BCUT2D eigenvalue weighted by atomic mass is 16.5. The smallest absolute Gasteiger partial charge is 0.324 e. The number of carbonyl (C=O) groups excluding carboxylic acids is 1. The fraction of sp³-hybridized carbons (Fsp3) is 0.182. The molecule has 2 rings (SSSR count). The minimum Gasteiger partial charge on any atom is -0.468 e. The molecule has 0 radical (unpaired) electrons. The van der Waals surface area contributed by atoms with Crippen LogP contribution in [0.15, 0.2) is 45.6 Å². The van der Waals surface area contributed by atoms with Crippen LogP contribution < -0.4 is 0 Å². The zero-order chi connectivity index (χ0) is 10.7. The Bertz CT molecular complexity index is 379. The molecule has 0 aliphatic carbocycles. The minimum atomic E-state index is -0.625. The molecular formula is C11H10O4. The van der Waals surface area contributed by atoms with Crippen molar-refractivity contribution in [3.63, 3.8) is 0 Å². The highest BCUT2D eigenvalue weighted by Gasteiger charge is 2.28. The molecule has 0 saturated heterocycles. The Labute approximate surface area is 86.4 Å². The van der Waals surface area contributed by atoms with Gasteiger partial charge in [0.2, 0.25) is 0 Å². The maximum atomic E-state index is 11.6. The van der Waals surface area contributed by atoms with Crippen molar-refractivity contribution in [1.82, 2.24) is 0 Å². The largest absolute Gasteiger partial charge is 0.468 e. The number of hydrogen-bond acceptors (Lipinski definition) is 4. The summed E-state index contributed by atoms with van der Waals surface area (Å²) >= 11 is 0. The molecule has 4 nitrogen and oxygen atoms in total. The number of esters is 1. The van der Waals surface area contributed by atoms with Crippen LogP contribution in [-0.2, 0) is 9.53 Å². The van der Waals surface area contributed by atoms with E-state index in [4.69, 9.17) is 13.6 Å². The van der Waals surface area contributed by atoms with Crippen molar-refractivity contribution in [2.75, 3.05) is 7.11 Å². The first kappa shape index (κ1) is 9.58. The molecule has 0 bridgehead atoms. The van der Waals surface area contributed by atoms with Gasteiger partial charge >= 0.3 is 5.97 Å². The zero-order valence-corrected chi connectivity index (χ0v) is 8.17. The first-order valence-electron chi connectivity index (χ1n) is 4.47. The predicted octanol–water partition coefficient (Wildman–Crippen LogP) is 2.18. The molecule has 78 valence electrons. The molecule has 0 aromatic carbocycles. The third kappa shape index (κ3) is 1.79. The van der Waals surface area contributed by atoms with E-state index >= 15 is 0 Å². The molecule has 15 heavy (non-hydrogen) atoms. The van der Waals surface area contributed by atoms with E-state index in [1.54, 1.807) is 24.3 Å². The van der Waals surface area contributed by atoms with Crippen LogP contribution in [0.4, 0.5) is 0 Å². The van der Waals surface area contributed by atoms with E-state index in [9.17, 15) is 4.79 Å². The van der Waals surface area contributed by atoms with Crippen LogP contribution in [-0.4, -0.2) is 13.1 Å². The van der Waals surface area contributed by atoms with Gasteiger partial charge in [-0.3, -0.25) is 4.79 Å². The van der Waals surface area contributed by atoms with Gasteiger partial charge in [-0.15, -0.1) is 0 Å². The third-order valence-electron chi connectivity index (χ3n) is 2.09. The highest BCUT2D eigenvalue weighted by Crippen LogP contribution is 2.26. The maximum Gasteiger partial charge on any atom is 0.324 e. The Morgan fingerprint density at radius 3 is 2.07 bits per heavy atom. The van der Waals surface area contributed by atoms with Gasteiger partial charge in [0.25, 0.3) is 0 Å². The van der Waals surface area contributed by atoms with Crippen molar-refractivity contribution in [3.8, 4) is 0 Å². The fourth-order valence-electron chi connectivity index (χ4n) is 1.40. The molecule has 0 aliphatic rings. The summed E-state index contributed by atoms with van der Waals surface area (Å²) in [5, 5.41) is 0. The van der Waals surface area contributed by atoms with E-state index in [1.807, 2.05) is 0 Å². The van der Waals surface area contributed by atoms with Gasteiger partial charge in [-0.05, 0) is 24.3 Å². The first-order chi connectivity index (χ1) is 7.33. The van der Waals surface area contributed by atoms with Crippen LogP contribution in [0.3, 0.4) is 0 Å². The molecule has 0 fully saturated rings. The minimum absolute atomic E-state index is 0.403. The molecule has 0 aliphatic heterocycles. The van der Waals surface area contributed by atoms with Crippen LogP contribution in [0.1, 0.15) is 17.4 Å². The van der Waals surface area contributed by atoms with Crippen molar-refractivity contribution >= 4 is 5.97 Å². The summed E-state index contributed by atoms with van der Waals surface area (Å²) in [5.74, 6) is -0.00602. The number of methoxy groups -OCH3 is 1. The van der Waals surface area contributed by atoms with E-state index < -0.39 is 11.9 Å². The molecule has 2 aromatic rings. The zero-order valence-electron chi connectivity index (χ0n) is 8.17. The second-order valence-corrected chi connectivity index (χ2v) is 2.99. The van der Waals surface area contributed by atoms with Gasteiger partial charge in [-0.2, -0.15) is 0 Å². The lowest BCUT2D eigenvalue weighted by atomic mass is 10.0. The number of ether oxygens (including phenoxy) is 1. The third-order valence-corrected chi connectivity index (χ3v) is 2.09. The van der Waals surface area contributed by atoms with Gasteiger partial charge in [0.05, 0.1) is 19.6 Å². The Morgan fingerprint density at radius 1 is 1.20 bits per heavy atom. The average Bonchev–Trinajstić information content (AvgIpc) is 2.90. The van der Waals surface area contributed by atoms with E-state index in [2.05, 4.69) is 0 Å². The molecule has 0 spiro atoms. The normalized spacial score (nSPS) is 10.5. The number of carbonyl (C=O) groups is 1. The lowest BCUT2D eigenvalue weighted by molar-refractivity contribution is -0.142. The number of furan rings is 2. The SMILES string of the molecule is COC(=O)C(c1ccco1)c1ccco1. The molecule has 4 heteroatoms. The van der Waals surface area contributed by atoms with Crippen molar-refractivity contribution < 1.29 is 18.4 Å². The van der Waals surface area contributed by atoms with Crippen LogP contribution in [0.25, 0.3) is 0 Å². The summed E-state index contributed by atoms with van der Waals surface area (Å²) in [6.07, 6.45) is 3.02. The second-order valence-electron chi connectivity index (χ2n) is 2.99. The highest BCUT2D eigenvalue weighted by molar-refractivity contribution is 5.80. The second kappa shape index (κ2) is 4.04. The molecule has 0 N–H and O–H groups in total. The first-order valence-corrected chi connectivity index (χ1v) is 4.47. The van der Waals surface area contributed by atoms with Crippen LogP contribution in [0, 0.1) is 0 Å². The number of hydrogen-bond donors (Lipinski definition) is 0. The predicted molar refractivity (Wildman–Crippen MR) is 51.3 cm³/mol. The Balaban J connectivity index is 2.37. The Kier molecular flexibility index (Phi) is 2.58. The van der Waals surface area contributed by atoms with Gasteiger partial charge in [0.1, 0.15) is 11.5 Å². The van der Waals surface area contributed by atoms with Crippen LogP contribution >= 0.6 is 0 Å². The molecule has 0 unspecified atom stereocenters. The average molecular weight is 206 g/mol. The molecule has 2 heterocycles. The summed E-state index contributed by atoms with van der Waals surface area (Å²) < 4.78 is 15.1. The molecule has 2 aromatic heterocycles. The summed E-state index contributed by atoms with van der Waals surface area (Å²) in [7, 11) is 1.33. The molecule has 0 atom stereocenters. The van der Waals surface area contributed by atoms with Gasteiger partial charge in [0.15, 0.2) is 5.92 Å². The van der Waals surface area contributed by atoms with Crippen LogP contribution in [0.2, 0.25) is 0 Å². The molecular weight excluding hydrogens is 196 g/mol. The quantitative estimate of drug-likeness (QED) is 0.722. The standard InChI is InChI=1S/C11H10O4/c1-13-11(12)10(8-4-2-6-14-8)9-5-3-7-15-9/h2-7,10H,1H3. The van der Waals surface area contributed by atoms with Gasteiger partial charge in [0, 0.05) is 0 Å². The summed E-state index contributed by atoms with van der Waals surface area (Å²) in [6.45, 7) is 0. The lowest BCUT2D eigenvalue weighted by Gasteiger charge is -2.08. The summed E-state index contributed by atoms with van der Waals surface area (Å²) in [4.78, 5) is 11.6. The van der Waals surface area contributed by atoms with Crippen molar-refractivity contribution in [2.24, 2.45) is 0 Å². The van der Waals surface area contributed by atoms with Gasteiger partial charge in [-0.25, -0.2) is 0 Å². The monoisotopic (exact) mass is 206 g/mol. The van der Waals surface area contributed by atoms with Crippen molar-refractivity contribution in [1.29, 1.82) is 0 Å². The molecule has 0 amide bonds. The van der Waals surface area contributed by atoms with Crippen molar-refractivity contribution in [2.45, 2.75) is 5.92 Å². The summed E-state index contributed by atoms with van der Waals surface area (Å²) in [6, 6.07) is 6.86. The van der Waals surface area contributed by atoms with E-state index in [0.717, 1.165) is 0 Å². The van der Waals surface area contributed by atoms with E-state index in [0.29, 0.717) is 11.5 Å². The molecule has 0 saturated carbocycles. The van der Waals surface area contributed by atoms with E-state index in [-0.39, 0.29) is 0 Å². The lowest BCUT2D eigenvalue weighted by Crippen LogP contribution is -2.14. The van der Waals surface area contributed by atoms with Crippen LogP contribution in [0.5, 0.6) is 0 Å². The maximum absolute atomic E-state index is 11.6. The topological polar surface area (TPSA) is 52.6 Å². The fourth-order valence-corrected chi connectivity index (χ4v) is 1.40.